The molecule has 0 aliphatic rings. The first-order valence-corrected chi connectivity index (χ1v) is 18.2. The maximum Gasteiger partial charge on any atom is 0.0775 e. The average Bonchev–Trinajstić information content (AvgIpc) is 2.99. The van der Waals surface area contributed by atoms with Crippen LogP contribution in [0.5, 0.6) is 0 Å². The second-order valence-electron chi connectivity index (χ2n) is 12.7. The monoisotopic (exact) mass is 556 g/mol. The molecule has 0 saturated carbocycles. The van der Waals surface area contributed by atoms with Crippen molar-refractivity contribution < 1.29 is 4.11 Å². The topological polar surface area (TPSA) is 12.9 Å². The highest BCUT2D eigenvalue weighted by Crippen LogP contribution is 2.41. The number of aryl methyl sites for hydroxylation is 1. The van der Waals surface area contributed by atoms with Crippen molar-refractivity contribution in [2.75, 3.05) is 0 Å². The lowest BCUT2D eigenvalue weighted by Crippen LogP contribution is -2.37. The SMILES string of the molecule is [2H]C([2H])([2H])c1cnc(-c2cccc(-c3ccc([Si](C)(C)C)cc3)c2)cc1-c1c(C(C)C)cc(-c2ccccc2)cc1C(C)C. The van der Waals surface area contributed by atoms with E-state index >= 15 is 0 Å². The molecule has 0 fully saturated rings. The summed E-state index contributed by atoms with van der Waals surface area (Å²) in [6.45, 7) is 13.5. The van der Waals surface area contributed by atoms with Gasteiger partial charge in [0.1, 0.15) is 0 Å². The zero-order valence-electron chi connectivity index (χ0n) is 28.4. The molecule has 5 rings (SSSR count). The van der Waals surface area contributed by atoms with Crippen LogP contribution in [-0.2, 0) is 0 Å². The fourth-order valence-electron chi connectivity index (χ4n) is 5.55. The van der Waals surface area contributed by atoms with Gasteiger partial charge in [-0.1, -0.05) is 137 Å². The molecule has 0 bridgehead atoms. The highest BCUT2D eigenvalue weighted by Gasteiger charge is 2.21. The van der Waals surface area contributed by atoms with Gasteiger partial charge in [-0.05, 0) is 80.9 Å². The van der Waals surface area contributed by atoms with Crippen LogP contribution in [0.25, 0.3) is 44.6 Å². The maximum absolute atomic E-state index is 8.47. The number of nitrogens with zero attached hydrogens (tertiary/aromatic N) is 1. The highest BCUT2D eigenvalue weighted by atomic mass is 28.3. The first kappa shape index (κ1) is 25.0. The zero-order valence-corrected chi connectivity index (χ0v) is 26.4. The van der Waals surface area contributed by atoms with Crippen LogP contribution in [0.15, 0.2) is 103 Å². The van der Waals surface area contributed by atoms with E-state index in [9.17, 15) is 0 Å². The number of rotatable bonds is 7. The number of hydrogen-bond acceptors (Lipinski definition) is 1. The van der Waals surface area contributed by atoms with Crippen LogP contribution in [0, 0.1) is 6.85 Å². The zero-order chi connectivity index (χ0) is 31.8. The molecule has 0 spiro atoms. The van der Waals surface area contributed by atoms with Crippen LogP contribution in [0.3, 0.4) is 0 Å². The van der Waals surface area contributed by atoms with Crippen molar-refractivity contribution in [1.29, 1.82) is 0 Å². The Bertz CT molecular complexity index is 1730. The molecule has 41 heavy (non-hydrogen) atoms. The fraction of sp³-hybridized carbons (Fsp3) is 0.256. The van der Waals surface area contributed by atoms with Gasteiger partial charge in [0.2, 0.25) is 0 Å². The molecule has 5 aromatic rings. The Morgan fingerprint density at radius 2 is 1.20 bits per heavy atom. The average molecular weight is 557 g/mol. The van der Waals surface area contributed by atoms with E-state index in [2.05, 4.69) is 132 Å². The normalized spacial score (nSPS) is 13.2. The Morgan fingerprint density at radius 1 is 0.610 bits per heavy atom. The van der Waals surface area contributed by atoms with Crippen molar-refractivity contribution in [2.45, 2.75) is 66.0 Å². The largest absolute Gasteiger partial charge is 0.256 e. The predicted molar refractivity (Wildman–Crippen MR) is 182 cm³/mol. The second-order valence-corrected chi connectivity index (χ2v) is 17.8. The number of hydrogen-bond donors (Lipinski definition) is 0. The van der Waals surface area contributed by atoms with E-state index in [4.69, 9.17) is 9.10 Å². The third kappa shape index (κ3) is 6.13. The molecule has 208 valence electrons. The lowest BCUT2D eigenvalue weighted by molar-refractivity contribution is 0.838. The molecule has 0 atom stereocenters. The van der Waals surface area contributed by atoms with E-state index in [1.807, 2.05) is 12.1 Å². The van der Waals surface area contributed by atoms with Gasteiger partial charge in [-0.3, -0.25) is 4.98 Å². The fourth-order valence-corrected chi connectivity index (χ4v) is 6.71. The van der Waals surface area contributed by atoms with Crippen LogP contribution in [-0.4, -0.2) is 13.1 Å². The third-order valence-corrected chi connectivity index (χ3v) is 10.0. The summed E-state index contributed by atoms with van der Waals surface area (Å²) in [4.78, 5) is 4.74. The maximum atomic E-state index is 8.47. The molecule has 0 saturated heterocycles. The third-order valence-electron chi connectivity index (χ3n) is 7.97. The van der Waals surface area contributed by atoms with Gasteiger partial charge in [0.15, 0.2) is 0 Å². The first-order valence-electron chi connectivity index (χ1n) is 16.2. The Hall–Kier alpha value is -3.75. The van der Waals surface area contributed by atoms with Crippen molar-refractivity contribution in [3.8, 4) is 44.6 Å². The van der Waals surface area contributed by atoms with Gasteiger partial charge < -0.3 is 0 Å². The molecule has 0 amide bonds. The van der Waals surface area contributed by atoms with Gasteiger partial charge in [0.25, 0.3) is 0 Å². The van der Waals surface area contributed by atoms with Crippen LogP contribution in [0.4, 0.5) is 0 Å². The van der Waals surface area contributed by atoms with Crippen molar-refractivity contribution in [2.24, 2.45) is 0 Å². The molecule has 1 aromatic heterocycles. The quantitative estimate of drug-likeness (QED) is 0.182. The van der Waals surface area contributed by atoms with E-state index in [1.54, 1.807) is 6.20 Å². The Kier molecular flexibility index (Phi) is 7.09. The molecule has 2 heteroatoms. The molecule has 0 aliphatic heterocycles. The summed E-state index contributed by atoms with van der Waals surface area (Å²) in [5.74, 6) is 0.379. The number of aromatic nitrogens is 1. The Labute approximate surface area is 252 Å². The molecule has 0 unspecified atom stereocenters. The lowest BCUT2D eigenvalue weighted by atomic mass is 9.81. The molecule has 0 N–H and O–H groups in total. The molecule has 4 aromatic carbocycles. The minimum atomic E-state index is -2.30. The van der Waals surface area contributed by atoms with E-state index in [-0.39, 0.29) is 17.4 Å². The summed E-state index contributed by atoms with van der Waals surface area (Å²) in [7, 11) is -1.39. The van der Waals surface area contributed by atoms with E-state index in [0.717, 1.165) is 55.8 Å². The molecule has 0 radical (unpaired) electrons. The number of benzene rings is 4. The van der Waals surface area contributed by atoms with Crippen molar-refractivity contribution in [3.05, 3.63) is 120 Å². The summed E-state index contributed by atoms with van der Waals surface area (Å²) < 4.78 is 25.4. The van der Waals surface area contributed by atoms with E-state index < -0.39 is 14.9 Å². The molecule has 0 aliphatic carbocycles. The molecule has 1 nitrogen and oxygen atoms in total. The van der Waals surface area contributed by atoms with Crippen LogP contribution in [0.2, 0.25) is 19.6 Å². The van der Waals surface area contributed by atoms with Crippen molar-refractivity contribution >= 4 is 13.3 Å². The van der Waals surface area contributed by atoms with Crippen LogP contribution < -0.4 is 5.19 Å². The number of pyridine rings is 1. The minimum Gasteiger partial charge on any atom is -0.256 e. The van der Waals surface area contributed by atoms with Gasteiger partial charge in [-0.2, -0.15) is 0 Å². The predicted octanol–water partition coefficient (Wildman–Crippen LogP) is 10.9. The Morgan fingerprint density at radius 3 is 1.78 bits per heavy atom. The van der Waals surface area contributed by atoms with Crippen molar-refractivity contribution in [3.63, 3.8) is 0 Å². The summed E-state index contributed by atoms with van der Waals surface area (Å²) in [6.07, 6.45) is 1.58. The van der Waals surface area contributed by atoms with Crippen LogP contribution >= 0.6 is 0 Å². The standard InChI is InChI=1S/C39H43NSi/c1-26(2)35-22-33(29-13-10-9-11-14-29)23-36(27(3)4)39(35)37-24-38(40-25-28(37)5)32-16-12-15-31(21-32)30-17-19-34(20-18-30)41(6,7)8/h9-27H,1-8H3/i5D3. The van der Waals surface area contributed by atoms with E-state index in [1.165, 1.54) is 5.19 Å². The molecular formula is C39H43NSi. The van der Waals surface area contributed by atoms with E-state index in [0.29, 0.717) is 0 Å². The molecular weight excluding hydrogens is 511 g/mol. The smallest absolute Gasteiger partial charge is 0.0775 e. The minimum absolute atomic E-state index is 0.190. The van der Waals surface area contributed by atoms with Crippen LogP contribution in [0.1, 0.15) is 60.3 Å². The van der Waals surface area contributed by atoms with Gasteiger partial charge in [-0.15, -0.1) is 0 Å². The lowest BCUT2D eigenvalue weighted by Gasteiger charge is -2.23. The summed E-state index contributed by atoms with van der Waals surface area (Å²) in [5.41, 5.74) is 10.7. The second kappa shape index (κ2) is 11.6. The Balaban J connectivity index is 1.70. The molecule has 1 heterocycles. The van der Waals surface area contributed by atoms with Crippen molar-refractivity contribution in [1.82, 2.24) is 4.98 Å². The summed E-state index contributed by atoms with van der Waals surface area (Å²) in [5, 5.41) is 1.43. The first-order chi connectivity index (χ1) is 20.7. The summed E-state index contributed by atoms with van der Waals surface area (Å²) in [6, 6.07) is 34.3. The van der Waals surface area contributed by atoms with Gasteiger partial charge in [0.05, 0.1) is 13.8 Å². The van der Waals surface area contributed by atoms with Gasteiger partial charge in [-0.25, -0.2) is 0 Å². The highest BCUT2D eigenvalue weighted by molar-refractivity contribution is 6.88. The van der Waals surface area contributed by atoms with Gasteiger partial charge in [0, 0.05) is 15.9 Å². The summed E-state index contributed by atoms with van der Waals surface area (Å²) >= 11 is 0. The van der Waals surface area contributed by atoms with Gasteiger partial charge >= 0.3 is 0 Å².